The van der Waals surface area contributed by atoms with Crippen molar-refractivity contribution in [3.63, 3.8) is 0 Å². The Bertz CT molecular complexity index is 750. The normalized spacial score (nSPS) is 10.9. The molecule has 1 aromatic carbocycles. The fourth-order valence-corrected chi connectivity index (χ4v) is 2.41. The van der Waals surface area contributed by atoms with Crippen LogP contribution in [0.15, 0.2) is 41.0 Å². The molecule has 2 aromatic heterocycles. The van der Waals surface area contributed by atoms with Crippen LogP contribution in [0.3, 0.4) is 0 Å². The number of halogens is 1. The Morgan fingerprint density at radius 3 is 2.60 bits per heavy atom. The molecule has 0 aliphatic rings. The molecule has 0 spiro atoms. The van der Waals surface area contributed by atoms with Gasteiger partial charge < -0.3 is 4.74 Å². The Balaban J connectivity index is 2.03. The number of imidazole rings is 1. The van der Waals surface area contributed by atoms with Crippen LogP contribution in [0.5, 0.6) is 5.75 Å². The van der Waals surface area contributed by atoms with Crippen molar-refractivity contribution in [3.8, 4) is 17.0 Å². The lowest BCUT2D eigenvalue weighted by molar-refractivity contribution is 0.340. The average molecular weight is 332 g/mol. The Morgan fingerprint density at radius 2 is 1.90 bits per heavy atom. The summed E-state index contributed by atoms with van der Waals surface area (Å²) in [6, 6.07) is 11.9. The molecule has 4 nitrogen and oxygen atoms in total. The van der Waals surface area contributed by atoms with Crippen molar-refractivity contribution in [2.24, 2.45) is 0 Å². The molecule has 0 aliphatic heterocycles. The first-order chi connectivity index (χ1) is 9.69. The number of aryl methyl sites for hydroxylation is 1. The minimum Gasteiger partial charge on any atom is -0.494 e. The number of ether oxygens (including phenoxy) is 1. The summed E-state index contributed by atoms with van der Waals surface area (Å²) in [5.74, 6) is 0.872. The first-order valence-corrected chi connectivity index (χ1v) is 7.23. The van der Waals surface area contributed by atoms with E-state index in [4.69, 9.17) is 4.74 Å². The largest absolute Gasteiger partial charge is 0.494 e. The van der Waals surface area contributed by atoms with Gasteiger partial charge in [-0.25, -0.2) is 9.50 Å². The molecular weight excluding hydrogens is 318 g/mol. The topological polar surface area (TPSA) is 39.4 Å². The van der Waals surface area contributed by atoms with E-state index in [0.29, 0.717) is 6.61 Å². The van der Waals surface area contributed by atoms with Gasteiger partial charge >= 0.3 is 0 Å². The third-order valence-electron chi connectivity index (χ3n) is 3.04. The predicted molar refractivity (Wildman–Crippen MR) is 82.0 cm³/mol. The van der Waals surface area contributed by atoms with Gasteiger partial charge in [-0.2, -0.15) is 5.10 Å². The molecule has 0 bridgehead atoms. The van der Waals surface area contributed by atoms with E-state index in [1.165, 1.54) is 0 Å². The van der Waals surface area contributed by atoms with Gasteiger partial charge in [0.25, 0.3) is 0 Å². The molecule has 0 radical (unpaired) electrons. The van der Waals surface area contributed by atoms with E-state index < -0.39 is 0 Å². The summed E-state index contributed by atoms with van der Waals surface area (Å²) >= 11 is 3.51. The molecular formula is C15H14BrN3O. The zero-order valence-corrected chi connectivity index (χ0v) is 12.9. The zero-order valence-electron chi connectivity index (χ0n) is 11.3. The molecule has 0 amide bonds. The molecule has 0 aliphatic carbocycles. The van der Waals surface area contributed by atoms with Gasteiger partial charge in [0.2, 0.25) is 0 Å². The van der Waals surface area contributed by atoms with Crippen LogP contribution in [0.4, 0.5) is 0 Å². The molecule has 2 heterocycles. The van der Waals surface area contributed by atoms with E-state index in [1.54, 1.807) is 4.52 Å². The Labute approximate surface area is 125 Å². The third-order valence-corrected chi connectivity index (χ3v) is 3.95. The minimum atomic E-state index is 0.671. The molecule has 5 heteroatoms. The first-order valence-electron chi connectivity index (χ1n) is 6.44. The molecule has 0 unspecified atom stereocenters. The SMILES string of the molecule is CCOc1ccc(-c2ccc3nc(C)c(Br)n3n2)cc1. The van der Waals surface area contributed by atoms with Gasteiger partial charge in [0, 0.05) is 5.56 Å². The quantitative estimate of drug-likeness (QED) is 0.731. The number of aromatic nitrogens is 3. The van der Waals surface area contributed by atoms with E-state index in [2.05, 4.69) is 26.0 Å². The highest BCUT2D eigenvalue weighted by Gasteiger charge is 2.08. The van der Waals surface area contributed by atoms with Crippen molar-refractivity contribution in [2.45, 2.75) is 13.8 Å². The maximum Gasteiger partial charge on any atom is 0.155 e. The maximum atomic E-state index is 5.45. The molecule has 20 heavy (non-hydrogen) atoms. The number of fused-ring (bicyclic) bond motifs is 1. The van der Waals surface area contributed by atoms with Crippen LogP contribution in [-0.2, 0) is 0 Å². The molecule has 0 saturated heterocycles. The van der Waals surface area contributed by atoms with Gasteiger partial charge in [-0.05, 0) is 66.2 Å². The monoisotopic (exact) mass is 331 g/mol. The van der Waals surface area contributed by atoms with Crippen molar-refractivity contribution >= 4 is 21.6 Å². The molecule has 0 saturated carbocycles. The second-order valence-corrected chi connectivity index (χ2v) is 5.19. The van der Waals surface area contributed by atoms with Crippen LogP contribution in [-0.4, -0.2) is 21.2 Å². The summed E-state index contributed by atoms with van der Waals surface area (Å²) in [5.41, 5.74) is 3.72. The van der Waals surface area contributed by atoms with E-state index >= 15 is 0 Å². The lowest BCUT2D eigenvalue weighted by Crippen LogP contribution is -1.95. The number of hydrogen-bond acceptors (Lipinski definition) is 3. The standard InChI is InChI=1S/C15H14BrN3O/c1-3-20-12-6-4-11(5-7-12)13-8-9-14-17-10(2)15(16)19(14)18-13/h4-9H,3H2,1-2H3. The van der Waals surface area contributed by atoms with Crippen LogP contribution in [0.2, 0.25) is 0 Å². The van der Waals surface area contributed by atoms with Crippen molar-refractivity contribution in [2.75, 3.05) is 6.61 Å². The van der Waals surface area contributed by atoms with E-state index in [1.807, 2.05) is 50.2 Å². The number of benzene rings is 1. The van der Waals surface area contributed by atoms with Gasteiger partial charge in [0.05, 0.1) is 18.0 Å². The third kappa shape index (κ3) is 2.29. The smallest absolute Gasteiger partial charge is 0.155 e. The molecule has 3 rings (SSSR count). The summed E-state index contributed by atoms with van der Waals surface area (Å²) in [5, 5.41) is 4.61. The molecule has 0 N–H and O–H groups in total. The second-order valence-electron chi connectivity index (χ2n) is 4.43. The van der Waals surface area contributed by atoms with Crippen molar-refractivity contribution in [1.29, 1.82) is 0 Å². The van der Waals surface area contributed by atoms with Crippen molar-refractivity contribution in [1.82, 2.24) is 14.6 Å². The summed E-state index contributed by atoms with van der Waals surface area (Å²) in [4.78, 5) is 4.42. The molecule has 102 valence electrons. The number of hydrogen-bond donors (Lipinski definition) is 0. The highest BCUT2D eigenvalue weighted by molar-refractivity contribution is 9.10. The van der Waals surface area contributed by atoms with Crippen LogP contribution in [0.1, 0.15) is 12.6 Å². The highest BCUT2D eigenvalue weighted by atomic mass is 79.9. The van der Waals surface area contributed by atoms with Crippen LogP contribution in [0.25, 0.3) is 16.9 Å². The average Bonchev–Trinajstić information content (AvgIpc) is 2.75. The Hall–Kier alpha value is -1.88. The van der Waals surface area contributed by atoms with E-state index in [9.17, 15) is 0 Å². The summed E-state index contributed by atoms with van der Waals surface area (Å²) < 4.78 is 8.14. The first kappa shape index (κ1) is 13.1. The van der Waals surface area contributed by atoms with Gasteiger partial charge in [-0.3, -0.25) is 0 Å². The van der Waals surface area contributed by atoms with Crippen LogP contribution >= 0.6 is 15.9 Å². The van der Waals surface area contributed by atoms with Gasteiger partial charge in [0.1, 0.15) is 10.4 Å². The van der Waals surface area contributed by atoms with Gasteiger partial charge in [0.15, 0.2) is 5.65 Å². The molecule has 3 aromatic rings. The van der Waals surface area contributed by atoms with Crippen LogP contribution < -0.4 is 4.74 Å². The number of nitrogens with zero attached hydrogens (tertiary/aromatic N) is 3. The summed E-state index contributed by atoms with van der Waals surface area (Å²) in [6.45, 7) is 4.60. The molecule has 0 fully saturated rings. The Morgan fingerprint density at radius 1 is 1.15 bits per heavy atom. The summed E-state index contributed by atoms with van der Waals surface area (Å²) in [6.07, 6.45) is 0. The zero-order chi connectivity index (χ0) is 14.1. The lowest BCUT2D eigenvalue weighted by atomic mass is 10.1. The van der Waals surface area contributed by atoms with E-state index in [0.717, 1.165) is 33.0 Å². The fourth-order valence-electron chi connectivity index (χ4n) is 2.06. The van der Waals surface area contributed by atoms with Gasteiger partial charge in [-0.15, -0.1) is 0 Å². The van der Waals surface area contributed by atoms with Crippen molar-refractivity contribution in [3.05, 3.63) is 46.7 Å². The second kappa shape index (κ2) is 5.25. The predicted octanol–water partition coefficient (Wildman–Crippen LogP) is 3.87. The highest BCUT2D eigenvalue weighted by Crippen LogP contribution is 2.23. The molecule has 0 atom stereocenters. The fraction of sp³-hybridized carbons (Fsp3) is 0.200. The Kier molecular flexibility index (Phi) is 3.44. The van der Waals surface area contributed by atoms with Crippen molar-refractivity contribution < 1.29 is 4.74 Å². The maximum absolute atomic E-state index is 5.45. The number of rotatable bonds is 3. The van der Waals surface area contributed by atoms with Gasteiger partial charge in [-0.1, -0.05) is 0 Å². The van der Waals surface area contributed by atoms with E-state index in [-0.39, 0.29) is 0 Å². The lowest BCUT2D eigenvalue weighted by Gasteiger charge is -2.05. The summed E-state index contributed by atoms with van der Waals surface area (Å²) in [7, 11) is 0. The minimum absolute atomic E-state index is 0.671. The van der Waals surface area contributed by atoms with Crippen LogP contribution in [0, 0.1) is 6.92 Å².